The van der Waals surface area contributed by atoms with Crippen LogP contribution in [0.3, 0.4) is 0 Å². The molecule has 0 heterocycles. The van der Waals surface area contributed by atoms with E-state index in [4.69, 9.17) is 23.1 Å². The number of non-ortho nitro benzene ring substituents is 1. The Bertz CT molecular complexity index is 514. The molecule has 1 rings (SSSR count). The Hall–Kier alpha value is -2.06. The van der Waals surface area contributed by atoms with Crippen molar-refractivity contribution in [3.8, 4) is 5.75 Å². The Morgan fingerprint density at radius 1 is 1.50 bits per heavy atom. The van der Waals surface area contributed by atoms with Gasteiger partial charge in [-0.05, 0) is 0 Å². The quantitative estimate of drug-likeness (QED) is 0.330. The second-order valence-electron chi connectivity index (χ2n) is 2.89. The van der Waals surface area contributed by atoms with Crippen molar-refractivity contribution < 1.29 is 10.0 Å². The van der Waals surface area contributed by atoms with Crippen LogP contribution in [0.2, 0.25) is 5.02 Å². The van der Waals surface area contributed by atoms with E-state index in [2.05, 4.69) is 10.2 Å². The largest absolute Gasteiger partial charge is 0.506 e. The van der Waals surface area contributed by atoms with Gasteiger partial charge in [-0.25, -0.2) is 0 Å². The molecule has 0 spiro atoms. The van der Waals surface area contributed by atoms with Gasteiger partial charge in [0.1, 0.15) is 5.75 Å². The summed E-state index contributed by atoms with van der Waals surface area (Å²) < 4.78 is 0. The minimum atomic E-state index is -0.650. The molecule has 0 bridgehead atoms. The zero-order chi connectivity index (χ0) is 13.0. The van der Waals surface area contributed by atoms with Gasteiger partial charge in [0.05, 0.1) is 16.2 Å². The number of phenolic OH excluding ortho intramolecular Hbond substituents is 1. The van der Waals surface area contributed by atoms with Gasteiger partial charge < -0.3 is 16.6 Å². The van der Waals surface area contributed by atoms with Crippen molar-refractivity contribution in [3.05, 3.63) is 32.8 Å². The average Bonchev–Trinajstić information content (AvgIpc) is 2.23. The molecular formula is C8H9Cl2N5O3. The molecule has 0 aliphatic rings. The Balaban J connectivity index is 0.00000289. The molecule has 18 heavy (non-hydrogen) atoms. The molecule has 0 aromatic heterocycles. The molecule has 98 valence electrons. The standard InChI is InChI=1S/C8H8ClN5O3.ClH/c9-6-2-5(14(16)17)1-4(7(6)15)3-12-13-8(10)11;/h1-3,15H,(H4,10,11,13);1H/b12-3-;. The molecule has 0 aliphatic carbocycles. The fourth-order valence-electron chi connectivity index (χ4n) is 0.967. The van der Waals surface area contributed by atoms with Crippen LogP contribution >= 0.6 is 24.0 Å². The van der Waals surface area contributed by atoms with Crippen molar-refractivity contribution in [2.75, 3.05) is 0 Å². The molecule has 10 heteroatoms. The van der Waals surface area contributed by atoms with Gasteiger partial charge in [-0.2, -0.15) is 5.10 Å². The van der Waals surface area contributed by atoms with Gasteiger partial charge in [0, 0.05) is 17.7 Å². The maximum Gasteiger partial charge on any atom is 0.271 e. The van der Waals surface area contributed by atoms with E-state index >= 15 is 0 Å². The van der Waals surface area contributed by atoms with Crippen LogP contribution in [-0.4, -0.2) is 22.2 Å². The SMILES string of the molecule is Cl.NC(N)=N/N=C\c1cc([N+](=O)[O-])cc(Cl)c1O. The number of benzene rings is 1. The second-order valence-corrected chi connectivity index (χ2v) is 3.30. The summed E-state index contributed by atoms with van der Waals surface area (Å²) in [5, 5.41) is 26.6. The Labute approximate surface area is 113 Å². The molecular weight excluding hydrogens is 285 g/mol. The van der Waals surface area contributed by atoms with Gasteiger partial charge in [0.15, 0.2) is 0 Å². The van der Waals surface area contributed by atoms with Crippen LogP contribution in [0.4, 0.5) is 5.69 Å². The van der Waals surface area contributed by atoms with Gasteiger partial charge in [0.25, 0.3) is 5.69 Å². The van der Waals surface area contributed by atoms with E-state index in [1.807, 2.05) is 0 Å². The Morgan fingerprint density at radius 2 is 2.11 bits per heavy atom. The summed E-state index contributed by atoms with van der Waals surface area (Å²) in [7, 11) is 0. The van der Waals surface area contributed by atoms with Crippen LogP contribution in [0.1, 0.15) is 5.56 Å². The number of halogens is 2. The van der Waals surface area contributed by atoms with Crippen LogP contribution in [0.15, 0.2) is 22.3 Å². The fraction of sp³-hybridized carbons (Fsp3) is 0. The molecule has 0 aliphatic heterocycles. The maximum atomic E-state index is 10.6. The molecule has 0 radical (unpaired) electrons. The normalized spacial score (nSPS) is 9.83. The number of hydrogen-bond acceptors (Lipinski definition) is 5. The highest BCUT2D eigenvalue weighted by molar-refractivity contribution is 6.32. The van der Waals surface area contributed by atoms with Gasteiger partial charge in [0.2, 0.25) is 5.96 Å². The number of nitrogens with zero attached hydrogens (tertiary/aromatic N) is 3. The summed E-state index contributed by atoms with van der Waals surface area (Å²) in [6.07, 6.45) is 1.05. The third-order valence-corrected chi connectivity index (χ3v) is 1.95. The van der Waals surface area contributed by atoms with Gasteiger partial charge in [-0.1, -0.05) is 11.6 Å². The lowest BCUT2D eigenvalue weighted by molar-refractivity contribution is -0.384. The number of hydrogen-bond donors (Lipinski definition) is 3. The topological polar surface area (TPSA) is 140 Å². The average molecular weight is 294 g/mol. The van der Waals surface area contributed by atoms with Crippen LogP contribution in [0, 0.1) is 10.1 Å². The van der Waals surface area contributed by atoms with Crippen LogP contribution in [0.5, 0.6) is 5.75 Å². The van der Waals surface area contributed by atoms with E-state index in [-0.39, 0.29) is 40.4 Å². The number of nitrogens with two attached hydrogens (primary N) is 2. The summed E-state index contributed by atoms with van der Waals surface area (Å²) >= 11 is 5.60. The minimum absolute atomic E-state index is 0. The lowest BCUT2D eigenvalue weighted by Crippen LogP contribution is -2.21. The van der Waals surface area contributed by atoms with Crippen LogP contribution in [0.25, 0.3) is 0 Å². The summed E-state index contributed by atoms with van der Waals surface area (Å²) in [5.74, 6) is -0.621. The molecule has 0 saturated heterocycles. The number of aromatic hydroxyl groups is 1. The minimum Gasteiger partial charge on any atom is -0.506 e. The third kappa shape index (κ3) is 4.07. The van der Waals surface area contributed by atoms with E-state index in [0.717, 1.165) is 18.3 Å². The molecule has 5 N–H and O–H groups in total. The van der Waals surface area contributed by atoms with Gasteiger partial charge >= 0.3 is 0 Å². The van der Waals surface area contributed by atoms with E-state index in [1.54, 1.807) is 0 Å². The number of nitro benzene ring substituents is 1. The Morgan fingerprint density at radius 3 is 2.61 bits per heavy atom. The van der Waals surface area contributed by atoms with Crippen LogP contribution in [-0.2, 0) is 0 Å². The summed E-state index contributed by atoms with van der Waals surface area (Å²) in [6, 6.07) is 2.11. The zero-order valence-electron chi connectivity index (χ0n) is 8.78. The molecule has 0 unspecified atom stereocenters. The van der Waals surface area contributed by atoms with Crippen LogP contribution < -0.4 is 11.5 Å². The molecule has 8 nitrogen and oxygen atoms in total. The maximum absolute atomic E-state index is 10.6. The first-order chi connectivity index (χ1) is 7.91. The third-order valence-electron chi connectivity index (χ3n) is 1.66. The van der Waals surface area contributed by atoms with E-state index < -0.39 is 4.92 Å². The molecule has 1 aromatic carbocycles. The number of nitro groups is 1. The number of guanidine groups is 1. The van der Waals surface area contributed by atoms with Crippen molar-refractivity contribution in [2.24, 2.45) is 21.7 Å². The smallest absolute Gasteiger partial charge is 0.271 e. The van der Waals surface area contributed by atoms with Crippen molar-refractivity contribution in [3.63, 3.8) is 0 Å². The van der Waals surface area contributed by atoms with Gasteiger partial charge in [-0.3, -0.25) is 10.1 Å². The molecule has 0 saturated carbocycles. The lowest BCUT2D eigenvalue weighted by Gasteiger charge is -2.00. The zero-order valence-corrected chi connectivity index (χ0v) is 10.4. The number of rotatable bonds is 3. The first-order valence-corrected chi connectivity index (χ1v) is 4.58. The predicted octanol–water partition coefficient (Wildman–Crippen LogP) is 0.983. The Kier molecular flexibility index (Phi) is 5.86. The van der Waals surface area contributed by atoms with Crippen molar-refractivity contribution in [1.82, 2.24) is 0 Å². The summed E-state index contributed by atoms with van der Waals surface area (Å²) in [6.45, 7) is 0. The highest BCUT2D eigenvalue weighted by Gasteiger charge is 2.13. The van der Waals surface area contributed by atoms with Gasteiger partial charge in [-0.15, -0.1) is 17.5 Å². The highest BCUT2D eigenvalue weighted by atomic mass is 35.5. The molecule has 0 fully saturated rings. The lowest BCUT2D eigenvalue weighted by atomic mass is 10.2. The highest BCUT2D eigenvalue weighted by Crippen LogP contribution is 2.31. The van der Waals surface area contributed by atoms with E-state index in [1.165, 1.54) is 0 Å². The van der Waals surface area contributed by atoms with Crippen molar-refractivity contribution in [1.29, 1.82) is 0 Å². The summed E-state index contributed by atoms with van der Waals surface area (Å²) in [4.78, 5) is 9.90. The first kappa shape index (κ1) is 15.9. The monoisotopic (exact) mass is 293 g/mol. The van der Waals surface area contributed by atoms with Crippen molar-refractivity contribution in [2.45, 2.75) is 0 Å². The van der Waals surface area contributed by atoms with E-state index in [9.17, 15) is 15.2 Å². The number of phenols is 1. The van der Waals surface area contributed by atoms with Crippen molar-refractivity contribution >= 4 is 41.9 Å². The fourth-order valence-corrected chi connectivity index (χ4v) is 1.19. The summed E-state index contributed by atoms with van der Waals surface area (Å²) in [5.41, 5.74) is 9.80. The predicted molar refractivity (Wildman–Crippen MR) is 70.4 cm³/mol. The second kappa shape index (κ2) is 6.62. The van der Waals surface area contributed by atoms with E-state index in [0.29, 0.717) is 0 Å². The first-order valence-electron chi connectivity index (χ1n) is 4.20. The molecule has 0 atom stereocenters. The molecule has 1 aromatic rings. The molecule has 0 amide bonds.